The number of aromatic carboxylic acids is 1. The van der Waals surface area contributed by atoms with Gasteiger partial charge in [0.25, 0.3) is 5.56 Å². The maximum absolute atomic E-state index is 11.7. The second-order valence-corrected chi connectivity index (χ2v) is 4.65. The van der Waals surface area contributed by atoms with Crippen molar-refractivity contribution < 1.29 is 9.90 Å². The second-order valence-electron chi connectivity index (χ2n) is 3.80. The van der Waals surface area contributed by atoms with Crippen LogP contribution < -0.4 is 5.56 Å². The topological polar surface area (TPSA) is 83.0 Å². The average Bonchev–Trinajstić information content (AvgIpc) is 2.26. The smallest absolute Gasteiger partial charge is 0.343 e. The summed E-state index contributed by atoms with van der Waals surface area (Å²) in [5.41, 5.74) is -0.504. The third-order valence-corrected chi connectivity index (χ3v) is 3.05. The molecule has 19 heavy (non-hydrogen) atoms. The number of carbonyl (C=O) groups is 1. The van der Waals surface area contributed by atoms with E-state index < -0.39 is 11.5 Å². The molecule has 0 aliphatic carbocycles. The Morgan fingerprint density at radius 3 is 2.58 bits per heavy atom. The van der Waals surface area contributed by atoms with E-state index in [9.17, 15) is 9.59 Å². The lowest BCUT2D eigenvalue weighted by molar-refractivity contribution is 0.0693. The Morgan fingerprint density at radius 1 is 1.37 bits per heavy atom. The zero-order valence-electron chi connectivity index (χ0n) is 9.70. The van der Waals surface area contributed by atoms with E-state index >= 15 is 0 Å². The van der Waals surface area contributed by atoms with Gasteiger partial charge in [0.2, 0.25) is 0 Å². The molecule has 0 aliphatic rings. The minimum Gasteiger partial charge on any atom is -0.477 e. The Bertz CT molecular complexity index is 725. The Labute approximate surface area is 117 Å². The molecule has 1 aromatic carbocycles. The Kier molecular flexibility index (Phi) is 3.59. The van der Waals surface area contributed by atoms with Gasteiger partial charge in [-0.1, -0.05) is 23.2 Å². The molecule has 2 N–H and O–H groups in total. The molecule has 1 heterocycles. The molecule has 0 spiro atoms. The number of halogens is 2. The van der Waals surface area contributed by atoms with Crippen molar-refractivity contribution in [1.82, 2.24) is 9.97 Å². The molecule has 0 unspecified atom stereocenters. The summed E-state index contributed by atoms with van der Waals surface area (Å²) < 4.78 is 0. The van der Waals surface area contributed by atoms with Gasteiger partial charge in [-0.05, 0) is 25.1 Å². The molecule has 2 rings (SSSR count). The molecular formula is C12H8Cl2N2O3. The third-order valence-electron chi connectivity index (χ3n) is 2.50. The summed E-state index contributed by atoms with van der Waals surface area (Å²) in [6.07, 6.45) is 0. The highest BCUT2D eigenvalue weighted by Crippen LogP contribution is 2.27. The summed E-state index contributed by atoms with van der Waals surface area (Å²) in [6.45, 7) is 1.45. The van der Waals surface area contributed by atoms with Gasteiger partial charge in [0.15, 0.2) is 0 Å². The molecule has 0 radical (unpaired) electrons. The van der Waals surface area contributed by atoms with Crippen molar-refractivity contribution in [3.63, 3.8) is 0 Å². The largest absolute Gasteiger partial charge is 0.477 e. The van der Waals surface area contributed by atoms with Gasteiger partial charge in [0.1, 0.15) is 11.4 Å². The molecular weight excluding hydrogens is 291 g/mol. The Morgan fingerprint density at radius 2 is 2.05 bits per heavy atom. The highest BCUT2D eigenvalue weighted by atomic mass is 35.5. The van der Waals surface area contributed by atoms with Crippen molar-refractivity contribution in [2.45, 2.75) is 6.92 Å². The Balaban J connectivity index is 2.65. The number of aromatic amines is 1. The maximum atomic E-state index is 11.7. The molecule has 5 nitrogen and oxygen atoms in total. The fraction of sp³-hybridized carbons (Fsp3) is 0.0833. The number of carboxylic acids is 1. The van der Waals surface area contributed by atoms with Crippen LogP contribution in [0.4, 0.5) is 0 Å². The molecule has 98 valence electrons. The van der Waals surface area contributed by atoms with E-state index in [-0.39, 0.29) is 17.1 Å². The summed E-state index contributed by atoms with van der Waals surface area (Å²) in [7, 11) is 0. The molecule has 0 bridgehead atoms. The number of carboxylic acid groups (broad SMARTS) is 1. The number of nitrogens with one attached hydrogen (secondary N) is 1. The lowest BCUT2D eigenvalue weighted by Gasteiger charge is -2.06. The number of aromatic nitrogens is 2. The first-order valence-corrected chi connectivity index (χ1v) is 5.95. The number of H-pyrrole nitrogens is 1. The number of benzene rings is 1. The van der Waals surface area contributed by atoms with Crippen LogP contribution in [0.5, 0.6) is 0 Å². The summed E-state index contributed by atoms with van der Waals surface area (Å²) in [5, 5.41) is 9.67. The van der Waals surface area contributed by atoms with Crippen LogP contribution in [-0.4, -0.2) is 21.0 Å². The third kappa shape index (κ3) is 2.62. The first-order chi connectivity index (χ1) is 8.90. The monoisotopic (exact) mass is 298 g/mol. The van der Waals surface area contributed by atoms with Crippen LogP contribution >= 0.6 is 23.2 Å². The number of hydrogen-bond acceptors (Lipinski definition) is 3. The number of nitrogens with zero attached hydrogens (tertiary/aromatic N) is 1. The predicted octanol–water partition coefficient (Wildman–Crippen LogP) is 2.75. The van der Waals surface area contributed by atoms with Crippen LogP contribution in [-0.2, 0) is 0 Å². The van der Waals surface area contributed by atoms with Crippen molar-refractivity contribution in [3.8, 4) is 11.4 Å². The van der Waals surface area contributed by atoms with Crippen LogP contribution in [0, 0.1) is 6.92 Å². The van der Waals surface area contributed by atoms with Crippen LogP contribution in [0.15, 0.2) is 23.0 Å². The van der Waals surface area contributed by atoms with Crippen molar-refractivity contribution in [2.24, 2.45) is 0 Å². The fourth-order valence-electron chi connectivity index (χ4n) is 1.65. The van der Waals surface area contributed by atoms with Gasteiger partial charge in [0.05, 0.1) is 10.7 Å². The molecule has 0 saturated heterocycles. The number of rotatable bonds is 2. The fourth-order valence-corrected chi connectivity index (χ4v) is 2.14. The lowest BCUT2D eigenvalue weighted by Crippen LogP contribution is -2.21. The normalized spacial score (nSPS) is 10.5. The molecule has 0 saturated carbocycles. The second kappa shape index (κ2) is 5.03. The van der Waals surface area contributed by atoms with Crippen LogP contribution in [0.1, 0.15) is 16.1 Å². The molecule has 0 atom stereocenters. The molecule has 0 aliphatic heterocycles. The van der Waals surface area contributed by atoms with E-state index in [4.69, 9.17) is 28.3 Å². The summed E-state index contributed by atoms with van der Waals surface area (Å²) >= 11 is 11.8. The minimum atomic E-state index is -1.32. The number of aryl methyl sites for hydroxylation is 1. The van der Waals surface area contributed by atoms with Crippen LogP contribution in [0.25, 0.3) is 11.4 Å². The molecule has 0 amide bonds. The molecule has 7 heteroatoms. The zero-order valence-corrected chi connectivity index (χ0v) is 11.2. The molecule has 2 aromatic rings. The van der Waals surface area contributed by atoms with Crippen molar-refractivity contribution in [2.75, 3.05) is 0 Å². The molecule has 1 aromatic heterocycles. The first kappa shape index (κ1) is 13.6. The van der Waals surface area contributed by atoms with E-state index in [1.807, 2.05) is 0 Å². The summed E-state index contributed by atoms with van der Waals surface area (Å²) in [5.74, 6) is -1.12. The first-order valence-electron chi connectivity index (χ1n) is 5.20. The van der Waals surface area contributed by atoms with E-state index in [1.165, 1.54) is 13.0 Å². The average molecular weight is 299 g/mol. The highest BCUT2D eigenvalue weighted by molar-refractivity contribution is 6.36. The van der Waals surface area contributed by atoms with E-state index in [0.717, 1.165) is 0 Å². The predicted molar refractivity (Wildman–Crippen MR) is 72.0 cm³/mol. The standard InChI is InChI=1S/C12H8Cl2N2O3/c1-5-9(12(18)19)11(17)16-10(15-5)7-3-2-6(13)4-8(7)14/h2-4H,1H3,(H,18,19)(H,15,16,17). The van der Waals surface area contributed by atoms with Crippen molar-refractivity contribution in [1.29, 1.82) is 0 Å². The lowest BCUT2D eigenvalue weighted by atomic mass is 10.2. The Hall–Kier alpha value is -1.85. The molecule has 0 fully saturated rings. The van der Waals surface area contributed by atoms with Crippen LogP contribution in [0.3, 0.4) is 0 Å². The van der Waals surface area contributed by atoms with Gasteiger partial charge in [-0.3, -0.25) is 4.79 Å². The SMILES string of the molecule is Cc1nc(-c2ccc(Cl)cc2Cl)[nH]c(=O)c1C(=O)O. The van der Waals surface area contributed by atoms with Gasteiger partial charge in [0, 0.05) is 10.6 Å². The van der Waals surface area contributed by atoms with Gasteiger partial charge >= 0.3 is 5.97 Å². The van der Waals surface area contributed by atoms with Crippen LogP contribution in [0.2, 0.25) is 10.0 Å². The quantitative estimate of drug-likeness (QED) is 0.893. The van der Waals surface area contributed by atoms with E-state index in [0.29, 0.717) is 15.6 Å². The maximum Gasteiger partial charge on any atom is 0.343 e. The van der Waals surface area contributed by atoms with Crippen molar-refractivity contribution >= 4 is 29.2 Å². The van der Waals surface area contributed by atoms with Gasteiger partial charge in [-0.15, -0.1) is 0 Å². The minimum absolute atomic E-state index is 0.122. The van der Waals surface area contributed by atoms with Crippen molar-refractivity contribution in [3.05, 3.63) is 49.9 Å². The summed E-state index contributed by atoms with van der Waals surface area (Å²) in [4.78, 5) is 29.1. The summed E-state index contributed by atoms with van der Waals surface area (Å²) in [6, 6.07) is 4.71. The van der Waals surface area contributed by atoms with Gasteiger partial charge < -0.3 is 10.1 Å². The van der Waals surface area contributed by atoms with E-state index in [1.54, 1.807) is 12.1 Å². The number of hydrogen-bond donors (Lipinski definition) is 2. The highest BCUT2D eigenvalue weighted by Gasteiger charge is 2.16. The zero-order chi connectivity index (χ0) is 14.2. The van der Waals surface area contributed by atoms with Gasteiger partial charge in [-0.2, -0.15) is 0 Å². The van der Waals surface area contributed by atoms with Gasteiger partial charge in [-0.25, -0.2) is 9.78 Å². The van der Waals surface area contributed by atoms with E-state index in [2.05, 4.69) is 9.97 Å².